The highest BCUT2D eigenvalue weighted by Gasteiger charge is 2.72. The van der Waals surface area contributed by atoms with Crippen LogP contribution in [0.2, 0.25) is 0 Å². The second-order valence-corrected chi connectivity index (χ2v) is 16.6. The Bertz CT molecular complexity index is 1530. The minimum Gasteiger partial charge on any atom is -0.478 e. The number of carboxylic acids is 1. The fourth-order valence-corrected chi connectivity index (χ4v) is 11.7. The van der Waals surface area contributed by atoms with Crippen LogP contribution in [0.15, 0.2) is 41.5 Å². The van der Waals surface area contributed by atoms with Crippen LogP contribution in [0.3, 0.4) is 0 Å². The molecular formula is C39H50O6. The van der Waals surface area contributed by atoms with Crippen LogP contribution in [0.25, 0.3) is 6.08 Å². The molecule has 10 atom stereocenters. The first-order chi connectivity index (χ1) is 21.0. The third kappa shape index (κ3) is 4.18. The molecule has 0 amide bonds. The lowest BCUT2D eigenvalue weighted by molar-refractivity contribution is -0.194. The molecule has 0 saturated heterocycles. The zero-order valence-electron chi connectivity index (χ0n) is 28.3. The fourth-order valence-electron chi connectivity index (χ4n) is 11.7. The summed E-state index contributed by atoms with van der Waals surface area (Å²) in [6, 6.07) is 6.41. The first-order valence-corrected chi connectivity index (χ1v) is 16.9. The largest absolute Gasteiger partial charge is 0.478 e. The standard InChI is InChI=1S/C39H50O6/c1-22-13-15-35(3)17-18-37(5)27(30(35)23(22)2)20-28(40)31-36(4)21-26(19-24-9-11-25(12-10-24)33(42)43)32(41)39(7,34(44)45-8)29(36)14-16-38(31,37)6/h9-12,19-20,22-23,29-31H,13-18,21H2,1-8H3,(H,42,43)/b26-19+/t22-,23+,29-,30+,31-,35-,36+,37-,38-,39-/m1/s1. The van der Waals surface area contributed by atoms with Gasteiger partial charge < -0.3 is 9.84 Å². The van der Waals surface area contributed by atoms with Gasteiger partial charge in [0.1, 0.15) is 5.41 Å². The molecule has 6 rings (SSSR count). The van der Waals surface area contributed by atoms with Crippen LogP contribution in [0.1, 0.15) is 109 Å². The first kappa shape index (κ1) is 31.9. The number of esters is 1. The number of hydrogen-bond acceptors (Lipinski definition) is 5. The Morgan fingerprint density at radius 1 is 0.933 bits per heavy atom. The van der Waals surface area contributed by atoms with Crippen LogP contribution in [0.4, 0.5) is 0 Å². The molecule has 45 heavy (non-hydrogen) atoms. The van der Waals surface area contributed by atoms with E-state index in [0.717, 1.165) is 19.3 Å². The van der Waals surface area contributed by atoms with E-state index in [2.05, 4.69) is 41.5 Å². The van der Waals surface area contributed by atoms with Crippen molar-refractivity contribution in [1.29, 1.82) is 0 Å². The van der Waals surface area contributed by atoms with Crippen LogP contribution >= 0.6 is 0 Å². The van der Waals surface area contributed by atoms with E-state index in [9.17, 15) is 24.3 Å². The average Bonchev–Trinajstić information content (AvgIpc) is 2.98. The molecule has 0 radical (unpaired) electrons. The zero-order chi connectivity index (χ0) is 32.9. The zero-order valence-corrected chi connectivity index (χ0v) is 28.3. The van der Waals surface area contributed by atoms with E-state index in [1.165, 1.54) is 37.7 Å². The summed E-state index contributed by atoms with van der Waals surface area (Å²) in [7, 11) is 1.33. The van der Waals surface area contributed by atoms with Gasteiger partial charge in [0.25, 0.3) is 0 Å². The summed E-state index contributed by atoms with van der Waals surface area (Å²) in [6.07, 6.45) is 10.3. The van der Waals surface area contributed by atoms with Crippen molar-refractivity contribution in [1.82, 2.24) is 0 Å². The maximum Gasteiger partial charge on any atom is 0.335 e. The number of carbonyl (C=O) groups excluding carboxylic acids is 3. The van der Waals surface area contributed by atoms with Gasteiger partial charge in [0, 0.05) is 5.92 Å². The number of hydrogen-bond donors (Lipinski definition) is 1. The molecule has 1 N–H and O–H groups in total. The van der Waals surface area contributed by atoms with Crippen molar-refractivity contribution in [3.8, 4) is 0 Å². The Morgan fingerprint density at radius 3 is 2.22 bits per heavy atom. The lowest BCUT2D eigenvalue weighted by Gasteiger charge is -2.70. The molecule has 242 valence electrons. The maximum absolute atomic E-state index is 14.8. The quantitative estimate of drug-likeness (QED) is 0.211. The molecule has 0 bridgehead atoms. The normalized spacial score (nSPS) is 45.0. The second-order valence-electron chi connectivity index (χ2n) is 16.6. The SMILES string of the molecule is COC(=O)[C@@]1(C)C(=O)/C(=C/c2ccc(C(=O)O)cc2)C[C@]2(C)[C@H]3C(=O)C=C4[C@@H]5[C@@H](C)[C@H](C)CC[C@]5(C)CC[C@@]4(C)[C@]3(C)CC[C@@H]12. The number of fused-ring (bicyclic) bond motifs is 7. The number of aromatic carboxylic acids is 1. The molecule has 0 aliphatic heterocycles. The van der Waals surface area contributed by atoms with Crippen molar-refractivity contribution >= 4 is 29.6 Å². The van der Waals surface area contributed by atoms with Gasteiger partial charge in [0.05, 0.1) is 12.7 Å². The fraction of sp³-hybridized carbons (Fsp3) is 0.641. The Labute approximate surface area is 268 Å². The number of benzene rings is 1. The van der Waals surface area contributed by atoms with Crippen LogP contribution in [-0.4, -0.2) is 35.7 Å². The van der Waals surface area contributed by atoms with Crippen molar-refractivity contribution in [3.05, 3.63) is 52.6 Å². The molecule has 5 aliphatic rings. The summed E-state index contributed by atoms with van der Waals surface area (Å²) in [5, 5.41) is 9.37. The highest BCUT2D eigenvalue weighted by atomic mass is 16.5. The lowest BCUT2D eigenvalue weighted by atomic mass is 9.33. The smallest absolute Gasteiger partial charge is 0.335 e. The van der Waals surface area contributed by atoms with Gasteiger partial charge in [-0.3, -0.25) is 14.4 Å². The van der Waals surface area contributed by atoms with E-state index in [1.54, 1.807) is 25.1 Å². The number of carbonyl (C=O) groups is 4. The summed E-state index contributed by atoms with van der Waals surface area (Å²) >= 11 is 0. The van der Waals surface area contributed by atoms with Gasteiger partial charge in [-0.15, -0.1) is 0 Å². The topological polar surface area (TPSA) is 97.7 Å². The molecule has 0 spiro atoms. The van der Waals surface area contributed by atoms with Gasteiger partial charge in [0.2, 0.25) is 0 Å². The number of carboxylic acid groups (broad SMARTS) is 1. The highest BCUT2D eigenvalue weighted by molar-refractivity contribution is 6.15. The monoisotopic (exact) mass is 614 g/mol. The molecular weight excluding hydrogens is 564 g/mol. The Kier molecular flexibility index (Phi) is 7.27. The molecule has 4 saturated carbocycles. The number of Topliss-reactive ketones (excluding diaryl/α,β-unsaturated/α-hetero) is 1. The molecule has 0 aromatic heterocycles. The van der Waals surface area contributed by atoms with Crippen molar-refractivity contribution in [2.24, 2.45) is 56.7 Å². The summed E-state index contributed by atoms with van der Waals surface area (Å²) in [6.45, 7) is 15.8. The van der Waals surface area contributed by atoms with Crippen LogP contribution in [-0.2, 0) is 19.1 Å². The minimum atomic E-state index is -1.43. The van der Waals surface area contributed by atoms with Crippen molar-refractivity contribution in [2.45, 2.75) is 93.4 Å². The van der Waals surface area contributed by atoms with Gasteiger partial charge in [-0.2, -0.15) is 0 Å². The van der Waals surface area contributed by atoms with Gasteiger partial charge in [-0.1, -0.05) is 59.2 Å². The maximum atomic E-state index is 14.8. The summed E-state index contributed by atoms with van der Waals surface area (Å²) in [4.78, 5) is 54.2. The number of methoxy groups -OCH3 is 1. The van der Waals surface area contributed by atoms with Gasteiger partial charge >= 0.3 is 11.9 Å². The van der Waals surface area contributed by atoms with Crippen molar-refractivity contribution < 1.29 is 29.0 Å². The van der Waals surface area contributed by atoms with Crippen LogP contribution < -0.4 is 0 Å². The van der Waals surface area contributed by atoms with Crippen molar-refractivity contribution in [3.63, 3.8) is 0 Å². The Hall–Kier alpha value is -3.02. The number of ether oxygens (including phenoxy) is 1. The molecule has 1 aromatic carbocycles. The van der Waals surface area contributed by atoms with E-state index in [-0.39, 0.29) is 45.2 Å². The molecule has 0 unspecified atom stereocenters. The van der Waals surface area contributed by atoms with Gasteiger partial charge in [0.15, 0.2) is 11.6 Å². The predicted molar refractivity (Wildman–Crippen MR) is 173 cm³/mol. The van der Waals surface area contributed by atoms with E-state index in [1.807, 2.05) is 6.08 Å². The number of rotatable bonds is 3. The third-order valence-electron chi connectivity index (χ3n) is 14.5. The summed E-state index contributed by atoms with van der Waals surface area (Å²) in [5.74, 6) is -0.880. The molecule has 6 nitrogen and oxygen atoms in total. The lowest BCUT2D eigenvalue weighted by Crippen LogP contribution is -2.68. The molecule has 5 aliphatic carbocycles. The van der Waals surface area contributed by atoms with Gasteiger partial charge in [-0.25, -0.2) is 4.79 Å². The van der Waals surface area contributed by atoms with Gasteiger partial charge in [-0.05, 0) is 133 Å². The molecule has 4 fully saturated rings. The Balaban J connectivity index is 1.50. The van der Waals surface area contributed by atoms with Crippen molar-refractivity contribution in [2.75, 3.05) is 7.11 Å². The minimum absolute atomic E-state index is 0.151. The molecule has 1 aromatic rings. The first-order valence-electron chi connectivity index (χ1n) is 16.9. The highest BCUT2D eigenvalue weighted by Crippen LogP contribution is 2.75. The summed E-state index contributed by atoms with van der Waals surface area (Å²) in [5.41, 5.74) is 0.328. The third-order valence-corrected chi connectivity index (χ3v) is 14.5. The summed E-state index contributed by atoms with van der Waals surface area (Å²) < 4.78 is 5.33. The van der Waals surface area contributed by atoms with E-state index in [4.69, 9.17) is 4.74 Å². The number of ketones is 2. The van der Waals surface area contributed by atoms with E-state index < -0.39 is 22.8 Å². The average molecular weight is 615 g/mol. The van der Waals surface area contributed by atoms with Crippen LogP contribution in [0, 0.1) is 56.7 Å². The van der Waals surface area contributed by atoms with E-state index >= 15 is 0 Å². The Morgan fingerprint density at radius 2 is 1.60 bits per heavy atom. The number of allylic oxidation sites excluding steroid dienone is 3. The second kappa shape index (κ2) is 10.2. The van der Waals surface area contributed by atoms with Crippen LogP contribution in [0.5, 0.6) is 0 Å². The molecule has 0 heterocycles. The predicted octanol–water partition coefficient (Wildman–Crippen LogP) is 7.96. The van der Waals surface area contributed by atoms with E-state index in [0.29, 0.717) is 41.7 Å². The molecule has 6 heteroatoms.